The first kappa shape index (κ1) is 13.3. The van der Waals surface area contributed by atoms with Gasteiger partial charge < -0.3 is 0 Å². The number of nitrogens with zero attached hydrogens (tertiary/aromatic N) is 1. The third-order valence-electron chi connectivity index (χ3n) is 1.72. The van der Waals surface area contributed by atoms with Crippen LogP contribution in [-0.2, 0) is 15.7 Å². The molecule has 0 aliphatic heterocycles. The van der Waals surface area contributed by atoms with E-state index in [-0.39, 0.29) is 11.8 Å². The van der Waals surface area contributed by atoms with E-state index >= 15 is 0 Å². The van der Waals surface area contributed by atoms with Gasteiger partial charge in [0.15, 0.2) is 0 Å². The van der Waals surface area contributed by atoms with Crippen LogP contribution in [0.2, 0.25) is 0 Å². The van der Waals surface area contributed by atoms with Gasteiger partial charge in [-0.25, -0.2) is 0 Å². The van der Waals surface area contributed by atoms with Gasteiger partial charge in [-0.05, 0) is 0 Å². The molecule has 16 heavy (non-hydrogen) atoms. The molecular formula is C10H11ClNO3Ru-. The van der Waals surface area contributed by atoms with Crippen molar-refractivity contribution in [3.63, 3.8) is 0 Å². The summed E-state index contributed by atoms with van der Waals surface area (Å²) in [5, 5.41) is 10.6. The van der Waals surface area contributed by atoms with Gasteiger partial charge in [0.25, 0.3) is 0 Å². The van der Waals surface area contributed by atoms with Crippen LogP contribution in [0.3, 0.4) is 0 Å². The van der Waals surface area contributed by atoms with E-state index < -0.39 is 20.6 Å². The van der Waals surface area contributed by atoms with Gasteiger partial charge in [-0.3, -0.25) is 0 Å². The van der Waals surface area contributed by atoms with E-state index in [1.54, 1.807) is 10.7 Å². The third-order valence-corrected chi connectivity index (χ3v) is 2.90. The van der Waals surface area contributed by atoms with E-state index in [2.05, 4.69) is 0 Å². The number of hydrogen-bond acceptors (Lipinski definition) is 3. The second kappa shape index (κ2) is 6.07. The first-order valence-electron chi connectivity index (χ1n) is 4.55. The molecule has 1 rings (SSSR count). The van der Waals surface area contributed by atoms with Gasteiger partial charge >= 0.3 is 105 Å². The van der Waals surface area contributed by atoms with Gasteiger partial charge in [0.1, 0.15) is 0 Å². The van der Waals surface area contributed by atoms with Gasteiger partial charge in [-0.2, -0.15) is 0 Å². The molecule has 0 heterocycles. The zero-order chi connectivity index (χ0) is 12.1. The van der Waals surface area contributed by atoms with Crippen molar-refractivity contribution in [2.24, 2.45) is 0 Å². The molecule has 0 radical (unpaired) electrons. The van der Waals surface area contributed by atoms with Crippen molar-refractivity contribution in [2.45, 2.75) is 20.0 Å². The molecule has 0 amide bonds. The molecule has 0 aliphatic carbocycles. The Balaban J connectivity index is 3.13. The quantitative estimate of drug-likeness (QED) is 0.485. The maximum absolute atomic E-state index is 10.6. The Hall–Kier alpha value is -0.797. The van der Waals surface area contributed by atoms with E-state index in [0.29, 0.717) is 11.3 Å². The molecular weight excluding hydrogens is 319 g/mol. The van der Waals surface area contributed by atoms with Crippen molar-refractivity contribution in [2.75, 3.05) is 0 Å². The summed E-state index contributed by atoms with van der Waals surface area (Å²) in [6, 6.07) is 4.52. The van der Waals surface area contributed by atoms with Crippen LogP contribution in [-0.4, -0.2) is 15.6 Å². The second-order valence-electron chi connectivity index (χ2n) is 3.33. The minimum absolute atomic E-state index is 0.0275. The fourth-order valence-electron chi connectivity index (χ4n) is 1.13. The van der Waals surface area contributed by atoms with Crippen molar-refractivity contribution < 1.29 is 25.3 Å². The first-order chi connectivity index (χ1) is 7.54. The monoisotopic (exact) mass is 330 g/mol. The number of nitro benzene ring substituents is 1. The van der Waals surface area contributed by atoms with E-state index in [4.69, 9.17) is 14.4 Å². The van der Waals surface area contributed by atoms with Crippen molar-refractivity contribution in [1.82, 2.24) is 0 Å². The van der Waals surface area contributed by atoms with Crippen molar-refractivity contribution in [3.05, 3.63) is 33.9 Å². The van der Waals surface area contributed by atoms with Crippen molar-refractivity contribution in [1.29, 1.82) is 0 Å². The number of hydrogen-bond donors (Lipinski definition) is 0. The van der Waals surface area contributed by atoms with Crippen LogP contribution in [0.25, 0.3) is 0 Å². The Morgan fingerprint density at radius 3 is 2.75 bits per heavy atom. The van der Waals surface area contributed by atoms with E-state index in [1.165, 1.54) is 12.1 Å². The molecule has 6 heteroatoms. The topological polar surface area (TPSA) is 52.4 Å². The van der Waals surface area contributed by atoms with Gasteiger partial charge in [0.2, 0.25) is 0 Å². The fraction of sp³-hybridized carbons (Fsp3) is 0.300. The van der Waals surface area contributed by atoms with Crippen molar-refractivity contribution >= 4 is 20.0 Å². The van der Waals surface area contributed by atoms with Crippen LogP contribution in [0, 0.1) is 10.1 Å². The zero-order valence-corrected chi connectivity index (χ0v) is 11.3. The molecule has 0 atom stereocenters. The minimum atomic E-state index is -0.440. The third kappa shape index (κ3) is 3.65. The average molecular weight is 330 g/mol. The number of nitro groups is 1. The van der Waals surface area contributed by atoms with Crippen LogP contribution >= 0.6 is 9.69 Å². The Bertz CT molecular complexity index is 421. The van der Waals surface area contributed by atoms with Gasteiger partial charge in [-0.1, -0.05) is 0 Å². The van der Waals surface area contributed by atoms with Crippen LogP contribution in [0.4, 0.5) is 5.69 Å². The number of non-ortho nitro benzene ring substituents is 1. The van der Waals surface area contributed by atoms with Crippen LogP contribution < -0.4 is 4.74 Å². The van der Waals surface area contributed by atoms with Gasteiger partial charge in [0, 0.05) is 0 Å². The summed E-state index contributed by atoms with van der Waals surface area (Å²) in [5.74, 6) is 0.635. The van der Waals surface area contributed by atoms with E-state index in [0.717, 1.165) is 0 Å². The predicted octanol–water partition coefficient (Wildman–Crippen LogP) is 2.77. The molecule has 0 saturated carbocycles. The molecule has 0 unspecified atom stereocenters. The Morgan fingerprint density at radius 2 is 2.25 bits per heavy atom. The maximum atomic E-state index is 10.6. The molecule has 0 aromatic heterocycles. The molecule has 90 valence electrons. The Labute approximate surface area is 105 Å². The summed E-state index contributed by atoms with van der Waals surface area (Å²) in [7, 11) is 5.69. The van der Waals surface area contributed by atoms with Crippen LogP contribution in [0.1, 0.15) is 19.4 Å². The number of halogens is 1. The van der Waals surface area contributed by atoms with Crippen LogP contribution in [0.15, 0.2) is 18.2 Å². The summed E-state index contributed by atoms with van der Waals surface area (Å²) in [6.07, 6.45) is 0.0275. The molecule has 1 aromatic rings. The summed E-state index contributed by atoms with van der Waals surface area (Å²) in [4.78, 5) is 10.2. The molecule has 0 N–H and O–H groups in total. The standard InChI is InChI=1S/C10H11NO3.ClH.Ru/c1-7(2)14-10-5-4-9(11(12)13)6-8(10)3;;/h3-7H,1-2H3;1H;/p-1. The SMILES string of the molecule is CC(C)Oc1ccc([N+](=O)[O-])cc1[CH]=[Ru-][Cl]. The molecule has 0 aliphatic rings. The molecule has 0 spiro atoms. The van der Waals surface area contributed by atoms with Gasteiger partial charge in [-0.15, -0.1) is 0 Å². The van der Waals surface area contributed by atoms with Crippen molar-refractivity contribution in [3.8, 4) is 5.75 Å². The van der Waals surface area contributed by atoms with E-state index in [1.807, 2.05) is 13.8 Å². The molecule has 4 nitrogen and oxygen atoms in total. The molecule has 0 bridgehead atoms. The van der Waals surface area contributed by atoms with Crippen LogP contribution in [0.5, 0.6) is 5.75 Å². The zero-order valence-electron chi connectivity index (χ0n) is 8.79. The predicted molar refractivity (Wildman–Crippen MR) is 59.9 cm³/mol. The number of rotatable bonds is 4. The molecule has 0 saturated heterocycles. The number of benzene rings is 1. The fourth-order valence-corrected chi connectivity index (χ4v) is 2.22. The summed E-state index contributed by atoms with van der Waals surface area (Å²) in [6.45, 7) is 3.80. The number of ether oxygens (including phenoxy) is 1. The second-order valence-corrected chi connectivity index (χ2v) is 5.12. The average Bonchev–Trinajstić information content (AvgIpc) is 2.20. The van der Waals surface area contributed by atoms with Gasteiger partial charge in [0.05, 0.1) is 0 Å². The Morgan fingerprint density at radius 1 is 1.56 bits per heavy atom. The normalized spacial score (nSPS) is 12.0. The molecule has 0 fully saturated rings. The molecule has 1 aromatic carbocycles. The summed E-state index contributed by atoms with van der Waals surface area (Å²) >= 11 is -0.440. The summed E-state index contributed by atoms with van der Waals surface area (Å²) < 4.78 is 7.31. The Kier molecular flexibility index (Phi) is 5.03. The van der Waals surface area contributed by atoms with E-state index in [9.17, 15) is 10.1 Å². The summed E-state index contributed by atoms with van der Waals surface area (Å²) in [5.41, 5.74) is 0.740. The first-order valence-corrected chi connectivity index (χ1v) is 7.79.